The lowest BCUT2D eigenvalue weighted by Gasteiger charge is -2.08. The monoisotopic (exact) mass is 272 g/mol. The van der Waals surface area contributed by atoms with E-state index >= 15 is 0 Å². The van der Waals surface area contributed by atoms with Crippen LogP contribution in [-0.2, 0) is 6.61 Å². The van der Waals surface area contributed by atoms with Crippen LogP contribution in [0.25, 0.3) is 0 Å². The highest BCUT2D eigenvalue weighted by molar-refractivity contribution is 9.10. The van der Waals surface area contributed by atoms with E-state index in [-0.39, 0.29) is 6.61 Å². The zero-order valence-corrected chi connectivity index (χ0v) is 10.6. The molecule has 0 fully saturated rings. The Hall–Kier alpha value is -0.540. The fraction of sp³-hybridized carbons (Fsp3) is 0.500. The van der Waals surface area contributed by atoms with Crippen molar-refractivity contribution in [2.45, 2.75) is 32.8 Å². The summed E-state index contributed by atoms with van der Waals surface area (Å²) in [6, 6.07) is 5.69. The Morgan fingerprint density at radius 3 is 2.80 bits per heavy atom. The summed E-state index contributed by atoms with van der Waals surface area (Å²) in [7, 11) is 0. The van der Waals surface area contributed by atoms with Gasteiger partial charge in [-0.3, -0.25) is 0 Å². The van der Waals surface area contributed by atoms with Gasteiger partial charge in [0.25, 0.3) is 0 Å². The lowest BCUT2D eigenvalue weighted by Crippen LogP contribution is -1.98. The summed E-state index contributed by atoms with van der Waals surface area (Å²) in [4.78, 5) is 0. The molecule has 0 atom stereocenters. The van der Waals surface area contributed by atoms with Gasteiger partial charge in [-0.2, -0.15) is 0 Å². The quantitative estimate of drug-likeness (QED) is 0.804. The molecule has 2 nitrogen and oxygen atoms in total. The van der Waals surface area contributed by atoms with Crippen LogP contribution in [0.4, 0.5) is 0 Å². The second-order valence-electron chi connectivity index (χ2n) is 3.47. The maximum atomic E-state index is 9.07. The van der Waals surface area contributed by atoms with Gasteiger partial charge in [0.05, 0.1) is 13.2 Å². The second kappa shape index (κ2) is 6.85. The summed E-state index contributed by atoms with van der Waals surface area (Å²) >= 11 is 3.37. The first-order valence-electron chi connectivity index (χ1n) is 5.30. The number of hydrogen-bond donors (Lipinski definition) is 1. The van der Waals surface area contributed by atoms with E-state index < -0.39 is 0 Å². The largest absolute Gasteiger partial charge is 0.494 e. The Labute approximate surface area is 99.4 Å². The normalized spacial score (nSPS) is 10.3. The molecule has 0 aliphatic heterocycles. The molecule has 1 aromatic carbocycles. The standard InChI is InChI=1S/C12H17BrO2/c1-2-3-4-7-15-11-5-6-12(13)10(8-11)9-14/h5-6,8,14H,2-4,7,9H2,1H3. The molecule has 15 heavy (non-hydrogen) atoms. The summed E-state index contributed by atoms with van der Waals surface area (Å²) in [5.41, 5.74) is 0.864. The summed E-state index contributed by atoms with van der Waals surface area (Å²) in [6.07, 6.45) is 3.48. The molecule has 0 heterocycles. The summed E-state index contributed by atoms with van der Waals surface area (Å²) in [6.45, 7) is 2.95. The number of aliphatic hydroxyl groups excluding tert-OH is 1. The maximum absolute atomic E-state index is 9.07. The minimum Gasteiger partial charge on any atom is -0.494 e. The number of benzene rings is 1. The Bertz CT molecular complexity index is 300. The fourth-order valence-corrected chi connectivity index (χ4v) is 1.68. The number of aliphatic hydroxyl groups is 1. The average molecular weight is 273 g/mol. The van der Waals surface area contributed by atoms with Gasteiger partial charge < -0.3 is 9.84 Å². The summed E-state index contributed by atoms with van der Waals surface area (Å²) < 4.78 is 6.50. The molecule has 0 aromatic heterocycles. The van der Waals surface area contributed by atoms with Crippen LogP contribution in [0.15, 0.2) is 22.7 Å². The van der Waals surface area contributed by atoms with E-state index in [0.29, 0.717) is 0 Å². The highest BCUT2D eigenvalue weighted by atomic mass is 79.9. The van der Waals surface area contributed by atoms with E-state index in [4.69, 9.17) is 9.84 Å². The second-order valence-corrected chi connectivity index (χ2v) is 4.32. The van der Waals surface area contributed by atoms with E-state index in [1.807, 2.05) is 18.2 Å². The zero-order valence-electron chi connectivity index (χ0n) is 9.00. The van der Waals surface area contributed by atoms with Gasteiger partial charge in [-0.1, -0.05) is 35.7 Å². The van der Waals surface area contributed by atoms with Gasteiger partial charge in [-0.25, -0.2) is 0 Å². The van der Waals surface area contributed by atoms with Crippen LogP contribution in [-0.4, -0.2) is 11.7 Å². The van der Waals surface area contributed by atoms with Crippen LogP contribution < -0.4 is 4.74 Å². The van der Waals surface area contributed by atoms with Gasteiger partial charge in [0.15, 0.2) is 0 Å². The van der Waals surface area contributed by atoms with E-state index in [9.17, 15) is 0 Å². The first-order valence-corrected chi connectivity index (χ1v) is 6.09. The highest BCUT2D eigenvalue weighted by Crippen LogP contribution is 2.22. The third-order valence-electron chi connectivity index (χ3n) is 2.20. The summed E-state index contributed by atoms with van der Waals surface area (Å²) in [5, 5.41) is 9.07. The highest BCUT2D eigenvalue weighted by Gasteiger charge is 2.01. The van der Waals surface area contributed by atoms with Crippen LogP contribution in [0.2, 0.25) is 0 Å². The predicted molar refractivity (Wildman–Crippen MR) is 65.1 cm³/mol. The zero-order chi connectivity index (χ0) is 11.1. The average Bonchev–Trinajstić information content (AvgIpc) is 2.26. The molecule has 3 heteroatoms. The molecule has 1 rings (SSSR count). The van der Waals surface area contributed by atoms with E-state index in [1.165, 1.54) is 12.8 Å². The molecule has 0 spiro atoms. The first kappa shape index (κ1) is 12.5. The lowest BCUT2D eigenvalue weighted by molar-refractivity contribution is 0.277. The molecular formula is C12H17BrO2. The minimum atomic E-state index is 0.0345. The fourth-order valence-electron chi connectivity index (χ4n) is 1.30. The van der Waals surface area contributed by atoms with Crippen molar-refractivity contribution in [3.63, 3.8) is 0 Å². The molecule has 0 saturated heterocycles. The number of hydrogen-bond acceptors (Lipinski definition) is 2. The van der Waals surface area contributed by atoms with Gasteiger partial charge in [0, 0.05) is 4.47 Å². The van der Waals surface area contributed by atoms with Crippen molar-refractivity contribution >= 4 is 15.9 Å². The molecule has 1 N–H and O–H groups in total. The third kappa shape index (κ3) is 4.22. The molecule has 0 radical (unpaired) electrons. The Morgan fingerprint density at radius 1 is 1.33 bits per heavy atom. The number of rotatable bonds is 6. The topological polar surface area (TPSA) is 29.5 Å². The summed E-state index contributed by atoms with van der Waals surface area (Å²) in [5.74, 6) is 0.832. The van der Waals surface area contributed by atoms with Crippen LogP contribution >= 0.6 is 15.9 Å². The van der Waals surface area contributed by atoms with Crippen molar-refractivity contribution in [2.24, 2.45) is 0 Å². The number of ether oxygens (including phenoxy) is 1. The molecule has 0 unspecified atom stereocenters. The molecule has 84 valence electrons. The Balaban J connectivity index is 2.47. The van der Waals surface area contributed by atoms with Crippen molar-refractivity contribution in [1.82, 2.24) is 0 Å². The van der Waals surface area contributed by atoms with Crippen LogP contribution in [0.1, 0.15) is 31.7 Å². The van der Waals surface area contributed by atoms with Crippen LogP contribution in [0.5, 0.6) is 5.75 Å². The van der Waals surface area contributed by atoms with E-state index in [0.717, 1.165) is 28.8 Å². The molecule has 0 saturated carbocycles. The molecule has 1 aromatic rings. The maximum Gasteiger partial charge on any atom is 0.119 e. The van der Waals surface area contributed by atoms with Crippen molar-refractivity contribution in [2.75, 3.05) is 6.61 Å². The molecule has 0 aliphatic rings. The van der Waals surface area contributed by atoms with Crippen molar-refractivity contribution < 1.29 is 9.84 Å². The minimum absolute atomic E-state index is 0.0345. The van der Waals surface area contributed by atoms with E-state index in [1.54, 1.807) is 0 Å². The van der Waals surface area contributed by atoms with Crippen molar-refractivity contribution in [3.05, 3.63) is 28.2 Å². The van der Waals surface area contributed by atoms with Gasteiger partial charge >= 0.3 is 0 Å². The van der Waals surface area contributed by atoms with Gasteiger partial charge in [-0.05, 0) is 30.2 Å². The first-order chi connectivity index (χ1) is 7.27. The van der Waals surface area contributed by atoms with Gasteiger partial charge in [-0.15, -0.1) is 0 Å². The smallest absolute Gasteiger partial charge is 0.119 e. The van der Waals surface area contributed by atoms with E-state index in [2.05, 4.69) is 22.9 Å². The molecular weight excluding hydrogens is 256 g/mol. The molecule has 0 bridgehead atoms. The lowest BCUT2D eigenvalue weighted by atomic mass is 10.2. The Kier molecular flexibility index (Phi) is 5.73. The Morgan fingerprint density at radius 2 is 2.13 bits per heavy atom. The van der Waals surface area contributed by atoms with Crippen molar-refractivity contribution in [1.29, 1.82) is 0 Å². The van der Waals surface area contributed by atoms with Crippen LogP contribution in [0, 0.1) is 0 Å². The van der Waals surface area contributed by atoms with Crippen LogP contribution in [0.3, 0.4) is 0 Å². The number of unbranched alkanes of at least 4 members (excludes halogenated alkanes) is 2. The van der Waals surface area contributed by atoms with Crippen molar-refractivity contribution in [3.8, 4) is 5.75 Å². The van der Waals surface area contributed by atoms with Gasteiger partial charge in [0.1, 0.15) is 5.75 Å². The molecule has 0 amide bonds. The predicted octanol–water partition coefficient (Wildman–Crippen LogP) is 3.51. The third-order valence-corrected chi connectivity index (χ3v) is 2.98. The number of halogens is 1. The SMILES string of the molecule is CCCCCOc1ccc(Br)c(CO)c1. The van der Waals surface area contributed by atoms with Gasteiger partial charge in [0.2, 0.25) is 0 Å². The molecule has 0 aliphatic carbocycles.